The van der Waals surface area contributed by atoms with E-state index in [4.69, 9.17) is 0 Å². The normalized spacial score (nSPS) is 24.4. The molecule has 2 fully saturated rings. The molecule has 0 spiro atoms. The Bertz CT molecular complexity index is 466. The van der Waals surface area contributed by atoms with Crippen LogP contribution >= 0.6 is 0 Å². The number of hydrogen-bond donors (Lipinski definition) is 1. The molecule has 3 heteroatoms. The Morgan fingerprint density at radius 3 is 2.74 bits per heavy atom. The molecule has 1 N–H and O–H groups in total. The van der Waals surface area contributed by atoms with Crippen LogP contribution in [0.5, 0.6) is 0 Å². The number of benzene rings is 1. The fourth-order valence-corrected chi connectivity index (χ4v) is 3.39. The summed E-state index contributed by atoms with van der Waals surface area (Å²) < 4.78 is 0. The Balaban J connectivity index is 1.79. The minimum atomic E-state index is 0.0781. The molecule has 2 aliphatic rings. The molecule has 19 heavy (non-hydrogen) atoms. The fourth-order valence-electron chi connectivity index (χ4n) is 3.39. The summed E-state index contributed by atoms with van der Waals surface area (Å²) in [5.41, 5.74) is 2.50. The molecule has 1 aliphatic carbocycles. The van der Waals surface area contributed by atoms with Crippen LogP contribution in [-0.4, -0.2) is 23.9 Å². The first-order valence-electron chi connectivity index (χ1n) is 7.34. The smallest absolute Gasteiger partial charge is 0.238 e. The van der Waals surface area contributed by atoms with Gasteiger partial charge in [-0.25, -0.2) is 0 Å². The molecule has 1 saturated heterocycles. The van der Waals surface area contributed by atoms with Crippen LogP contribution in [0.25, 0.3) is 0 Å². The van der Waals surface area contributed by atoms with Gasteiger partial charge in [-0.3, -0.25) is 10.1 Å². The second-order valence-electron chi connectivity index (χ2n) is 5.84. The van der Waals surface area contributed by atoms with E-state index < -0.39 is 0 Å². The summed E-state index contributed by atoms with van der Waals surface area (Å²) in [6.45, 7) is 3.52. The van der Waals surface area contributed by atoms with Gasteiger partial charge in [-0.15, -0.1) is 0 Å². The van der Waals surface area contributed by atoms with Gasteiger partial charge in [0.1, 0.15) is 6.17 Å². The second-order valence-corrected chi connectivity index (χ2v) is 5.84. The van der Waals surface area contributed by atoms with Gasteiger partial charge >= 0.3 is 0 Å². The third-order valence-corrected chi connectivity index (χ3v) is 4.49. The number of nitrogens with one attached hydrogen (secondary N) is 1. The molecule has 1 atom stereocenters. The molecule has 1 aromatic carbocycles. The standard InChI is InChI=1S/C16H22N2O/c1-12-6-2-5-9-14(12)16-17-10-15(19)18(16)11-13-7-3-4-8-13/h2,5-6,9,13,16-17H,3-4,7-8,10-11H2,1H3. The van der Waals surface area contributed by atoms with Gasteiger partial charge in [0.25, 0.3) is 0 Å². The van der Waals surface area contributed by atoms with Crippen LogP contribution < -0.4 is 5.32 Å². The molecule has 1 heterocycles. The van der Waals surface area contributed by atoms with Crippen molar-refractivity contribution in [1.29, 1.82) is 0 Å². The van der Waals surface area contributed by atoms with Gasteiger partial charge in [0.2, 0.25) is 5.91 Å². The second kappa shape index (κ2) is 5.33. The van der Waals surface area contributed by atoms with Crippen molar-refractivity contribution in [2.75, 3.05) is 13.1 Å². The maximum atomic E-state index is 12.1. The molecule has 102 valence electrons. The van der Waals surface area contributed by atoms with Crippen molar-refractivity contribution >= 4 is 5.91 Å². The summed E-state index contributed by atoms with van der Waals surface area (Å²) in [6.07, 6.45) is 5.30. The highest BCUT2D eigenvalue weighted by molar-refractivity contribution is 5.81. The van der Waals surface area contributed by atoms with Crippen molar-refractivity contribution in [3.63, 3.8) is 0 Å². The third kappa shape index (κ3) is 2.52. The summed E-state index contributed by atoms with van der Waals surface area (Å²) in [4.78, 5) is 14.2. The van der Waals surface area contributed by atoms with E-state index in [0.29, 0.717) is 12.5 Å². The molecule has 0 radical (unpaired) electrons. The Kier molecular flexibility index (Phi) is 3.56. The summed E-state index contributed by atoms with van der Waals surface area (Å²) >= 11 is 0. The molecule has 1 aliphatic heterocycles. The molecule has 0 bridgehead atoms. The average Bonchev–Trinajstić information content (AvgIpc) is 3.03. The number of nitrogens with zero attached hydrogens (tertiary/aromatic N) is 1. The van der Waals surface area contributed by atoms with Crippen LogP contribution in [-0.2, 0) is 4.79 Å². The van der Waals surface area contributed by atoms with E-state index in [9.17, 15) is 4.79 Å². The Morgan fingerprint density at radius 2 is 2.00 bits per heavy atom. The van der Waals surface area contributed by atoms with E-state index in [1.807, 2.05) is 0 Å². The van der Waals surface area contributed by atoms with Crippen molar-refractivity contribution < 1.29 is 4.79 Å². The van der Waals surface area contributed by atoms with Gasteiger partial charge in [0, 0.05) is 6.54 Å². The van der Waals surface area contributed by atoms with Crippen LogP contribution in [0.15, 0.2) is 24.3 Å². The number of hydrogen-bond acceptors (Lipinski definition) is 2. The first-order valence-corrected chi connectivity index (χ1v) is 7.34. The quantitative estimate of drug-likeness (QED) is 0.904. The first-order chi connectivity index (χ1) is 9.25. The SMILES string of the molecule is Cc1ccccc1C1NCC(=O)N1CC1CCCC1. The van der Waals surface area contributed by atoms with Gasteiger partial charge in [0.15, 0.2) is 0 Å². The summed E-state index contributed by atoms with van der Waals surface area (Å²) in [7, 11) is 0. The van der Waals surface area contributed by atoms with E-state index in [0.717, 1.165) is 6.54 Å². The highest BCUT2D eigenvalue weighted by Crippen LogP contribution is 2.31. The lowest BCUT2D eigenvalue weighted by molar-refractivity contribution is -0.128. The maximum Gasteiger partial charge on any atom is 0.238 e. The van der Waals surface area contributed by atoms with Crippen molar-refractivity contribution in [1.82, 2.24) is 10.2 Å². The highest BCUT2D eigenvalue weighted by atomic mass is 16.2. The Hall–Kier alpha value is -1.35. The van der Waals surface area contributed by atoms with Crippen LogP contribution in [0, 0.1) is 12.8 Å². The van der Waals surface area contributed by atoms with Gasteiger partial charge in [-0.2, -0.15) is 0 Å². The van der Waals surface area contributed by atoms with E-state index in [1.165, 1.54) is 36.8 Å². The monoisotopic (exact) mass is 258 g/mol. The van der Waals surface area contributed by atoms with Crippen LogP contribution in [0.3, 0.4) is 0 Å². The van der Waals surface area contributed by atoms with Crippen molar-refractivity contribution in [2.45, 2.75) is 38.8 Å². The molecular weight excluding hydrogens is 236 g/mol. The number of rotatable bonds is 3. The molecule has 3 nitrogen and oxygen atoms in total. The summed E-state index contributed by atoms with van der Waals surface area (Å²) in [5, 5.41) is 3.36. The molecule has 1 unspecified atom stereocenters. The lowest BCUT2D eigenvalue weighted by atomic mass is 10.0. The summed E-state index contributed by atoms with van der Waals surface area (Å²) in [5.74, 6) is 0.954. The number of carbonyl (C=O) groups is 1. The Labute approximate surface area is 115 Å². The van der Waals surface area contributed by atoms with E-state index >= 15 is 0 Å². The zero-order valence-corrected chi connectivity index (χ0v) is 11.6. The molecule has 1 aromatic rings. The highest BCUT2D eigenvalue weighted by Gasteiger charge is 2.34. The Morgan fingerprint density at radius 1 is 1.26 bits per heavy atom. The lowest BCUT2D eigenvalue weighted by Gasteiger charge is -2.28. The van der Waals surface area contributed by atoms with Gasteiger partial charge in [0.05, 0.1) is 6.54 Å². The van der Waals surface area contributed by atoms with Crippen LogP contribution in [0.1, 0.15) is 43.0 Å². The van der Waals surface area contributed by atoms with Crippen molar-refractivity contribution in [2.24, 2.45) is 5.92 Å². The lowest BCUT2D eigenvalue weighted by Crippen LogP contribution is -2.34. The number of aryl methyl sites for hydroxylation is 1. The van der Waals surface area contributed by atoms with Gasteiger partial charge < -0.3 is 4.90 Å². The number of carbonyl (C=O) groups excluding carboxylic acids is 1. The average molecular weight is 258 g/mol. The minimum absolute atomic E-state index is 0.0781. The zero-order chi connectivity index (χ0) is 13.2. The van der Waals surface area contributed by atoms with E-state index in [1.54, 1.807) is 0 Å². The van der Waals surface area contributed by atoms with Crippen LogP contribution in [0.4, 0.5) is 0 Å². The summed E-state index contributed by atoms with van der Waals surface area (Å²) in [6, 6.07) is 8.36. The minimum Gasteiger partial charge on any atom is -0.322 e. The first kappa shape index (κ1) is 12.7. The largest absolute Gasteiger partial charge is 0.322 e. The molecule has 0 aromatic heterocycles. The fraction of sp³-hybridized carbons (Fsp3) is 0.562. The van der Waals surface area contributed by atoms with E-state index in [-0.39, 0.29) is 12.1 Å². The third-order valence-electron chi connectivity index (χ3n) is 4.49. The predicted molar refractivity (Wildman–Crippen MR) is 75.6 cm³/mol. The van der Waals surface area contributed by atoms with Gasteiger partial charge in [-0.05, 0) is 36.8 Å². The van der Waals surface area contributed by atoms with Crippen molar-refractivity contribution in [3.05, 3.63) is 35.4 Å². The molecular formula is C16H22N2O. The molecule has 3 rings (SSSR count). The predicted octanol–water partition coefficient (Wildman–Crippen LogP) is 2.62. The van der Waals surface area contributed by atoms with E-state index in [2.05, 4.69) is 41.4 Å². The molecule has 1 saturated carbocycles. The number of amides is 1. The zero-order valence-electron chi connectivity index (χ0n) is 11.6. The van der Waals surface area contributed by atoms with Gasteiger partial charge in [-0.1, -0.05) is 37.1 Å². The molecule has 1 amide bonds. The van der Waals surface area contributed by atoms with Crippen LogP contribution in [0.2, 0.25) is 0 Å². The maximum absolute atomic E-state index is 12.1. The van der Waals surface area contributed by atoms with Crippen molar-refractivity contribution in [3.8, 4) is 0 Å². The topological polar surface area (TPSA) is 32.3 Å².